The monoisotopic (exact) mass is 402 g/mol. The molecule has 2 amide bonds. The van der Waals surface area contributed by atoms with Gasteiger partial charge in [-0.3, -0.25) is 13.8 Å². The molecule has 0 saturated carbocycles. The summed E-state index contributed by atoms with van der Waals surface area (Å²) in [5, 5.41) is 0. The van der Waals surface area contributed by atoms with Crippen LogP contribution < -0.4 is 0 Å². The quantitative estimate of drug-likeness (QED) is 0.790. The van der Waals surface area contributed by atoms with E-state index in [1.54, 1.807) is 46.4 Å². The second-order valence-corrected chi connectivity index (χ2v) is 8.27. The first kappa shape index (κ1) is 20.2. The van der Waals surface area contributed by atoms with Crippen molar-refractivity contribution < 1.29 is 18.2 Å². The van der Waals surface area contributed by atoms with Crippen LogP contribution in [0.2, 0.25) is 0 Å². The van der Waals surface area contributed by atoms with Gasteiger partial charge in [-0.15, -0.1) is 0 Å². The number of benzene rings is 2. The summed E-state index contributed by atoms with van der Waals surface area (Å²) in [4.78, 5) is 28.8. The van der Waals surface area contributed by atoms with Gasteiger partial charge in [0.1, 0.15) is 5.82 Å². The lowest BCUT2D eigenvalue weighted by atomic mass is 10.1. The Morgan fingerprint density at radius 3 is 2.32 bits per heavy atom. The van der Waals surface area contributed by atoms with Crippen LogP contribution in [0.5, 0.6) is 0 Å². The van der Waals surface area contributed by atoms with Crippen molar-refractivity contribution in [3.8, 4) is 0 Å². The molecule has 1 fully saturated rings. The molecule has 0 bridgehead atoms. The summed E-state index contributed by atoms with van der Waals surface area (Å²) in [5.74, 6) is -0.579. The maximum absolute atomic E-state index is 13.9. The van der Waals surface area contributed by atoms with Crippen LogP contribution in [0.4, 0.5) is 4.39 Å². The van der Waals surface area contributed by atoms with E-state index in [1.165, 1.54) is 12.1 Å². The molecule has 0 spiro atoms. The van der Waals surface area contributed by atoms with E-state index in [2.05, 4.69) is 0 Å². The molecular formula is C21H23FN2O3S. The van der Waals surface area contributed by atoms with Gasteiger partial charge in [0.15, 0.2) is 0 Å². The third kappa shape index (κ3) is 4.84. The van der Waals surface area contributed by atoms with Crippen molar-refractivity contribution in [1.82, 2.24) is 9.80 Å². The fourth-order valence-electron chi connectivity index (χ4n) is 3.34. The predicted molar refractivity (Wildman–Crippen MR) is 107 cm³/mol. The highest BCUT2D eigenvalue weighted by Gasteiger charge is 2.25. The average molecular weight is 402 g/mol. The first-order valence-electron chi connectivity index (χ1n) is 9.18. The van der Waals surface area contributed by atoms with Crippen molar-refractivity contribution in [2.24, 2.45) is 0 Å². The summed E-state index contributed by atoms with van der Waals surface area (Å²) in [7, 11) is -0.976. The smallest absolute Gasteiger partial charge is 0.256 e. The lowest BCUT2D eigenvalue weighted by Crippen LogP contribution is -2.37. The normalized spacial score (nSPS) is 15.8. The lowest BCUT2D eigenvalue weighted by Gasteiger charge is -2.22. The Morgan fingerprint density at radius 1 is 0.964 bits per heavy atom. The van der Waals surface area contributed by atoms with Crippen molar-refractivity contribution in [3.05, 3.63) is 71.0 Å². The van der Waals surface area contributed by atoms with E-state index < -0.39 is 16.6 Å². The maximum atomic E-state index is 13.9. The molecule has 1 heterocycles. The fraction of sp³-hybridized carbons (Fsp3) is 0.333. The molecule has 5 nitrogen and oxygen atoms in total. The number of hydrogen-bond donors (Lipinski definition) is 0. The Labute approximate surface area is 166 Å². The second-order valence-electron chi connectivity index (χ2n) is 6.84. The van der Waals surface area contributed by atoms with E-state index in [0.717, 1.165) is 5.56 Å². The summed E-state index contributed by atoms with van der Waals surface area (Å²) < 4.78 is 25.4. The highest BCUT2D eigenvalue weighted by molar-refractivity contribution is 7.83. The molecule has 0 N–H and O–H groups in total. The molecule has 3 rings (SSSR count). The van der Waals surface area contributed by atoms with Gasteiger partial charge in [-0.2, -0.15) is 0 Å². The first-order chi connectivity index (χ1) is 13.5. The third-order valence-electron chi connectivity index (χ3n) is 4.72. The van der Waals surface area contributed by atoms with E-state index in [-0.39, 0.29) is 17.4 Å². The van der Waals surface area contributed by atoms with Crippen molar-refractivity contribution in [3.63, 3.8) is 0 Å². The van der Waals surface area contributed by atoms with Gasteiger partial charge in [-0.05, 0) is 36.2 Å². The largest absolute Gasteiger partial charge is 0.337 e. The van der Waals surface area contributed by atoms with E-state index in [1.807, 2.05) is 6.07 Å². The topological polar surface area (TPSA) is 57.7 Å². The van der Waals surface area contributed by atoms with E-state index in [4.69, 9.17) is 0 Å². The van der Waals surface area contributed by atoms with Crippen LogP contribution in [0, 0.1) is 5.82 Å². The molecule has 1 unspecified atom stereocenters. The van der Waals surface area contributed by atoms with E-state index in [9.17, 15) is 18.2 Å². The van der Waals surface area contributed by atoms with E-state index >= 15 is 0 Å². The SMILES string of the molecule is CS(=O)Cc1cccc(C(=O)N2CCCN(C(=O)c3ccccc3F)CC2)c1. The van der Waals surface area contributed by atoms with Crippen LogP contribution in [0.1, 0.15) is 32.7 Å². The van der Waals surface area contributed by atoms with Gasteiger partial charge >= 0.3 is 0 Å². The summed E-state index contributed by atoms with van der Waals surface area (Å²) in [5.41, 5.74) is 1.47. The van der Waals surface area contributed by atoms with Gasteiger partial charge in [-0.25, -0.2) is 4.39 Å². The Bertz CT molecular complexity index is 903. The Kier molecular flexibility index (Phi) is 6.57. The zero-order valence-electron chi connectivity index (χ0n) is 15.8. The number of amides is 2. The Balaban J connectivity index is 1.68. The van der Waals surface area contributed by atoms with Crippen LogP contribution in [-0.4, -0.2) is 58.3 Å². The fourth-order valence-corrected chi connectivity index (χ4v) is 3.99. The molecule has 28 heavy (non-hydrogen) atoms. The van der Waals surface area contributed by atoms with Crippen molar-refractivity contribution >= 4 is 22.6 Å². The minimum absolute atomic E-state index is 0.0579. The van der Waals surface area contributed by atoms with Gasteiger partial charge in [0.25, 0.3) is 11.8 Å². The molecule has 2 aromatic carbocycles. The van der Waals surface area contributed by atoms with E-state index in [0.29, 0.717) is 43.9 Å². The summed E-state index contributed by atoms with van der Waals surface area (Å²) in [6.45, 7) is 1.76. The molecule has 1 saturated heterocycles. The number of hydrogen-bond acceptors (Lipinski definition) is 3. The second kappa shape index (κ2) is 9.10. The molecule has 0 aliphatic carbocycles. The highest BCUT2D eigenvalue weighted by atomic mass is 32.2. The Hall–Kier alpha value is -2.54. The van der Waals surface area contributed by atoms with Crippen LogP contribution in [0.15, 0.2) is 48.5 Å². The molecule has 2 aromatic rings. The van der Waals surface area contributed by atoms with Gasteiger partial charge in [0, 0.05) is 54.6 Å². The van der Waals surface area contributed by atoms with Crippen molar-refractivity contribution in [1.29, 1.82) is 0 Å². The standard InChI is InChI=1S/C21H23FN2O3S/c1-28(27)15-16-6-4-7-17(14-16)20(25)23-10-5-11-24(13-12-23)21(26)18-8-2-3-9-19(18)22/h2-4,6-9,14H,5,10-13,15H2,1H3. The molecule has 0 radical (unpaired) electrons. The molecule has 148 valence electrons. The maximum Gasteiger partial charge on any atom is 0.256 e. The van der Waals surface area contributed by atoms with Crippen LogP contribution >= 0.6 is 0 Å². The zero-order valence-corrected chi connectivity index (χ0v) is 16.6. The lowest BCUT2D eigenvalue weighted by molar-refractivity contribution is 0.0716. The minimum atomic E-state index is -0.976. The van der Waals surface area contributed by atoms with Crippen molar-refractivity contribution in [2.45, 2.75) is 12.2 Å². The molecular weight excluding hydrogens is 379 g/mol. The number of rotatable bonds is 4. The average Bonchev–Trinajstić information content (AvgIpc) is 2.93. The van der Waals surface area contributed by atoms with Crippen LogP contribution in [0.3, 0.4) is 0 Å². The molecule has 1 atom stereocenters. The molecule has 1 aliphatic rings. The van der Waals surface area contributed by atoms with Gasteiger partial charge < -0.3 is 9.80 Å². The van der Waals surface area contributed by atoms with Crippen LogP contribution in [-0.2, 0) is 16.6 Å². The molecule has 1 aliphatic heterocycles. The van der Waals surface area contributed by atoms with Gasteiger partial charge in [0.05, 0.1) is 5.56 Å². The minimum Gasteiger partial charge on any atom is -0.337 e. The number of carbonyl (C=O) groups excluding carboxylic acids is 2. The zero-order chi connectivity index (χ0) is 20.1. The molecule has 7 heteroatoms. The van der Waals surface area contributed by atoms with Crippen LogP contribution in [0.25, 0.3) is 0 Å². The third-order valence-corrected chi connectivity index (χ3v) is 5.46. The summed E-state index contributed by atoms with van der Waals surface area (Å²) in [6.07, 6.45) is 2.26. The van der Waals surface area contributed by atoms with Crippen molar-refractivity contribution in [2.75, 3.05) is 32.4 Å². The highest BCUT2D eigenvalue weighted by Crippen LogP contribution is 2.15. The van der Waals surface area contributed by atoms with Gasteiger partial charge in [-0.1, -0.05) is 24.3 Å². The Morgan fingerprint density at radius 2 is 1.64 bits per heavy atom. The number of nitrogens with zero attached hydrogens (tertiary/aromatic N) is 2. The number of halogens is 1. The van der Waals surface area contributed by atoms with Gasteiger partial charge in [0.2, 0.25) is 0 Å². The molecule has 0 aromatic heterocycles. The summed E-state index contributed by atoms with van der Waals surface area (Å²) >= 11 is 0. The number of carbonyl (C=O) groups is 2. The summed E-state index contributed by atoms with van der Waals surface area (Å²) in [6, 6.07) is 13.1. The predicted octanol–water partition coefficient (Wildman–Crippen LogP) is 2.69. The first-order valence-corrected chi connectivity index (χ1v) is 10.9.